The summed E-state index contributed by atoms with van der Waals surface area (Å²) in [6, 6.07) is 14.7. The number of aromatic nitrogens is 3. The minimum atomic E-state index is -1.10. The molecule has 44 heavy (non-hydrogen) atoms. The number of amides is 2. The maximum Gasteiger partial charge on any atom is 0.248 e. The van der Waals surface area contributed by atoms with Crippen LogP contribution < -0.4 is 19.5 Å². The lowest BCUT2D eigenvalue weighted by atomic mass is 9.94. The highest BCUT2D eigenvalue weighted by Crippen LogP contribution is 2.41. The summed E-state index contributed by atoms with van der Waals surface area (Å²) in [7, 11) is 4.50. The molecule has 1 aliphatic rings. The molecule has 10 nitrogen and oxygen atoms in total. The van der Waals surface area contributed by atoms with Crippen LogP contribution in [0.1, 0.15) is 62.2 Å². The largest absolute Gasteiger partial charge is 0.493 e. The zero-order valence-corrected chi connectivity index (χ0v) is 25.5. The second-order valence-corrected chi connectivity index (χ2v) is 11.0. The number of carbonyl (C=O) groups excluding carboxylic acids is 2. The molecule has 1 N–H and O–H groups in total. The van der Waals surface area contributed by atoms with Gasteiger partial charge in [0.05, 0.1) is 26.8 Å². The number of halogens is 1. The summed E-state index contributed by atoms with van der Waals surface area (Å²) in [5, 5.41) is 11.7. The zero-order valence-electron chi connectivity index (χ0n) is 25.5. The first-order valence-corrected chi connectivity index (χ1v) is 14.8. The average Bonchev–Trinajstić information content (AvgIpc) is 3.49. The molecule has 4 aromatic rings. The predicted molar refractivity (Wildman–Crippen MR) is 163 cm³/mol. The van der Waals surface area contributed by atoms with Gasteiger partial charge in [-0.25, -0.2) is 9.07 Å². The maximum absolute atomic E-state index is 14.6. The van der Waals surface area contributed by atoms with Gasteiger partial charge in [0.2, 0.25) is 17.6 Å². The number of hydrogen-bond donors (Lipinski definition) is 1. The lowest BCUT2D eigenvalue weighted by Crippen LogP contribution is -2.48. The average molecular weight is 604 g/mol. The molecular weight excluding hydrogens is 565 g/mol. The summed E-state index contributed by atoms with van der Waals surface area (Å²) in [5.74, 6) is -0.0437. The highest BCUT2D eigenvalue weighted by Gasteiger charge is 2.37. The van der Waals surface area contributed by atoms with E-state index in [1.165, 1.54) is 38.4 Å². The number of rotatable bonds is 11. The zero-order chi connectivity index (χ0) is 31.2. The van der Waals surface area contributed by atoms with Crippen LogP contribution in [0, 0.1) is 5.82 Å². The van der Waals surface area contributed by atoms with E-state index in [1.54, 1.807) is 35.9 Å². The van der Waals surface area contributed by atoms with E-state index in [0.29, 0.717) is 39.4 Å². The molecule has 1 heterocycles. The van der Waals surface area contributed by atoms with Crippen LogP contribution in [0.5, 0.6) is 17.2 Å². The molecule has 0 spiro atoms. The second kappa shape index (κ2) is 13.7. The Morgan fingerprint density at radius 3 is 2.27 bits per heavy atom. The Morgan fingerprint density at radius 2 is 1.64 bits per heavy atom. The predicted octanol–water partition coefficient (Wildman–Crippen LogP) is 5.38. The van der Waals surface area contributed by atoms with Crippen molar-refractivity contribution in [2.24, 2.45) is 0 Å². The number of carbonyl (C=O) groups is 2. The Balaban J connectivity index is 1.64. The van der Waals surface area contributed by atoms with Crippen molar-refractivity contribution in [3.8, 4) is 17.2 Å². The first kappa shape index (κ1) is 30.8. The number of benzene rings is 3. The molecule has 3 aromatic carbocycles. The molecule has 0 bridgehead atoms. The van der Waals surface area contributed by atoms with E-state index in [4.69, 9.17) is 14.2 Å². The van der Waals surface area contributed by atoms with Gasteiger partial charge < -0.3 is 24.4 Å². The second-order valence-electron chi connectivity index (χ2n) is 11.0. The van der Waals surface area contributed by atoms with Crippen molar-refractivity contribution in [1.82, 2.24) is 25.2 Å². The molecule has 11 heteroatoms. The molecule has 1 aliphatic carbocycles. The number of nitrogens with zero attached hydrogens (tertiary/aromatic N) is 4. The molecule has 0 aliphatic heterocycles. The monoisotopic (exact) mass is 603 g/mol. The van der Waals surface area contributed by atoms with Crippen LogP contribution in [0.4, 0.5) is 4.39 Å². The molecule has 0 radical (unpaired) electrons. The Labute approximate surface area is 256 Å². The number of nitrogens with one attached hydrogen (secondary N) is 1. The molecule has 1 saturated carbocycles. The molecule has 0 unspecified atom stereocenters. The fraction of sp³-hybridized carbons (Fsp3) is 0.394. The van der Waals surface area contributed by atoms with E-state index < -0.39 is 17.9 Å². The maximum atomic E-state index is 14.6. The summed E-state index contributed by atoms with van der Waals surface area (Å²) in [5.41, 5.74) is 2.46. The Bertz CT molecular complexity index is 1580. The van der Waals surface area contributed by atoms with Crippen LogP contribution >= 0.6 is 0 Å². The van der Waals surface area contributed by atoms with Gasteiger partial charge in [0.25, 0.3) is 0 Å². The summed E-state index contributed by atoms with van der Waals surface area (Å²) in [4.78, 5) is 30.5. The van der Waals surface area contributed by atoms with Crippen LogP contribution in [-0.2, 0) is 16.1 Å². The van der Waals surface area contributed by atoms with Crippen LogP contribution in [0.25, 0.3) is 11.0 Å². The highest BCUT2D eigenvalue weighted by atomic mass is 19.1. The van der Waals surface area contributed by atoms with Gasteiger partial charge in [0.1, 0.15) is 23.4 Å². The smallest absolute Gasteiger partial charge is 0.248 e. The standard InChI is InChI=1S/C33H38FN5O5/c1-21(39-27-13-9-8-12-26(27)36-37-39)33(41)38(20-22-14-16-24(34)17-15-22)30(32(40)35-25-10-6-5-7-11-25)23-18-28(42-2)31(44-4)29(19-23)43-3/h8-9,12-19,21,25,30H,5-7,10-11,20H2,1-4H3,(H,35,40)/t21-,30+/m0/s1. The van der Waals surface area contributed by atoms with Gasteiger partial charge in [-0.15, -0.1) is 5.10 Å². The van der Waals surface area contributed by atoms with Gasteiger partial charge in [-0.2, -0.15) is 0 Å². The number of ether oxygens (including phenoxy) is 3. The van der Waals surface area contributed by atoms with Crippen molar-refractivity contribution in [3.63, 3.8) is 0 Å². The Morgan fingerprint density at radius 1 is 0.977 bits per heavy atom. The number of fused-ring (bicyclic) bond motifs is 1. The van der Waals surface area contributed by atoms with Gasteiger partial charge in [-0.1, -0.05) is 48.7 Å². The lowest BCUT2D eigenvalue weighted by Gasteiger charge is -2.35. The van der Waals surface area contributed by atoms with Crippen molar-refractivity contribution in [2.45, 2.75) is 63.7 Å². The molecule has 1 aromatic heterocycles. The first-order valence-electron chi connectivity index (χ1n) is 14.8. The van der Waals surface area contributed by atoms with Crippen molar-refractivity contribution >= 4 is 22.8 Å². The molecule has 2 atom stereocenters. The van der Waals surface area contributed by atoms with E-state index in [1.807, 2.05) is 24.3 Å². The Kier molecular flexibility index (Phi) is 9.62. The van der Waals surface area contributed by atoms with Crippen LogP contribution in [0.2, 0.25) is 0 Å². The van der Waals surface area contributed by atoms with Gasteiger partial charge in [-0.3, -0.25) is 9.59 Å². The summed E-state index contributed by atoms with van der Waals surface area (Å²) < 4.78 is 32.2. The lowest BCUT2D eigenvalue weighted by molar-refractivity contribution is -0.144. The fourth-order valence-electron chi connectivity index (χ4n) is 5.86. The van der Waals surface area contributed by atoms with Crippen molar-refractivity contribution in [1.29, 1.82) is 0 Å². The van der Waals surface area contributed by atoms with Crippen molar-refractivity contribution < 1.29 is 28.2 Å². The molecule has 2 amide bonds. The number of methoxy groups -OCH3 is 3. The number of para-hydroxylation sites is 1. The minimum absolute atomic E-state index is 0.0137. The van der Waals surface area contributed by atoms with Crippen molar-refractivity contribution in [3.05, 3.63) is 77.6 Å². The van der Waals surface area contributed by atoms with E-state index in [0.717, 1.165) is 32.1 Å². The topological polar surface area (TPSA) is 108 Å². The quantitative estimate of drug-likeness (QED) is 0.245. The van der Waals surface area contributed by atoms with E-state index in [2.05, 4.69) is 15.6 Å². The molecule has 232 valence electrons. The van der Waals surface area contributed by atoms with Crippen LogP contribution in [0.15, 0.2) is 60.7 Å². The summed E-state index contributed by atoms with van der Waals surface area (Å²) >= 11 is 0. The molecule has 1 fully saturated rings. The third kappa shape index (κ3) is 6.46. The van der Waals surface area contributed by atoms with E-state index in [-0.39, 0.29) is 24.4 Å². The molecule has 0 saturated heterocycles. The summed E-state index contributed by atoms with van der Waals surface area (Å²) in [6.07, 6.45) is 4.89. The van der Waals surface area contributed by atoms with Crippen molar-refractivity contribution in [2.75, 3.05) is 21.3 Å². The van der Waals surface area contributed by atoms with E-state index >= 15 is 0 Å². The first-order chi connectivity index (χ1) is 21.3. The fourth-order valence-corrected chi connectivity index (χ4v) is 5.86. The molecular formula is C33H38FN5O5. The minimum Gasteiger partial charge on any atom is -0.493 e. The highest BCUT2D eigenvalue weighted by molar-refractivity contribution is 5.91. The SMILES string of the molecule is COc1cc([C@H](C(=O)NC2CCCCC2)N(Cc2ccc(F)cc2)C(=O)[C@H](C)n2nnc3ccccc32)cc(OC)c1OC. The van der Waals surface area contributed by atoms with Crippen LogP contribution in [0.3, 0.4) is 0 Å². The normalized spacial score (nSPS) is 14.9. The van der Waals surface area contributed by atoms with Crippen LogP contribution in [-0.4, -0.2) is 59.1 Å². The van der Waals surface area contributed by atoms with Gasteiger partial charge >= 0.3 is 0 Å². The third-order valence-corrected chi connectivity index (χ3v) is 8.17. The van der Waals surface area contributed by atoms with Gasteiger partial charge in [0.15, 0.2) is 11.5 Å². The third-order valence-electron chi connectivity index (χ3n) is 8.17. The number of hydrogen-bond acceptors (Lipinski definition) is 7. The summed E-state index contributed by atoms with van der Waals surface area (Å²) in [6.45, 7) is 1.75. The van der Waals surface area contributed by atoms with Gasteiger partial charge in [-0.05, 0) is 67.3 Å². The van der Waals surface area contributed by atoms with E-state index in [9.17, 15) is 14.0 Å². The Hall–Kier alpha value is -4.67. The van der Waals surface area contributed by atoms with Gasteiger partial charge in [0, 0.05) is 12.6 Å². The molecule has 5 rings (SSSR count).